The van der Waals surface area contributed by atoms with Crippen LogP contribution in [0.3, 0.4) is 0 Å². The van der Waals surface area contributed by atoms with E-state index in [1.165, 1.54) is 12.3 Å². The van der Waals surface area contributed by atoms with Crippen LogP contribution in [0.5, 0.6) is 0 Å². The standard InChI is InChI=1S/C10H6F2N2O/c11-7-1-2-9(12)10(5-7)14-4-3-8(6-15)13-14/h1-6H. The molecule has 0 fully saturated rings. The van der Waals surface area contributed by atoms with Gasteiger partial charge in [0, 0.05) is 12.3 Å². The predicted octanol–water partition coefficient (Wildman–Crippen LogP) is 1.96. The quantitative estimate of drug-likeness (QED) is 0.707. The molecule has 0 N–H and O–H groups in total. The van der Waals surface area contributed by atoms with Crippen LogP contribution in [0.1, 0.15) is 10.5 Å². The van der Waals surface area contributed by atoms with Crippen LogP contribution in [-0.4, -0.2) is 16.1 Å². The Morgan fingerprint density at radius 3 is 2.73 bits per heavy atom. The number of benzene rings is 1. The number of aromatic nitrogens is 2. The molecule has 2 rings (SSSR count). The van der Waals surface area contributed by atoms with Crippen LogP contribution in [0, 0.1) is 11.6 Å². The second-order valence-corrected chi connectivity index (χ2v) is 2.90. The number of halogens is 2. The zero-order chi connectivity index (χ0) is 10.8. The van der Waals surface area contributed by atoms with Gasteiger partial charge >= 0.3 is 0 Å². The first-order valence-corrected chi connectivity index (χ1v) is 4.17. The molecule has 1 aromatic heterocycles. The van der Waals surface area contributed by atoms with Crippen molar-refractivity contribution in [2.75, 3.05) is 0 Å². The second-order valence-electron chi connectivity index (χ2n) is 2.90. The fraction of sp³-hybridized carbons (Fsp3) is 0. The third-order valence-electron chi connectivity index (χ3n) is 1.89. The smallest absolute Gasteiger partial charge is 0.170 e. The Kier molecular flexibility index (Phi) is 2.29. The number of rotatable bonds is 2. The van der Waals surface area contributed by atoms with Crippen molar-refractivity contribution in [1.82, 2.24) is 9.78 Å². The Hall–Kier alpha value is -2.04. The van der Waals surface area contributed by atoms with Gasteiger partial charge in [0.15, 0.2) is 6.29 Å². The van der Waals surface area contributed by atoms with Crippen molar-refractivity contribution in [1.29, 1.82) is 0 Å². The van der Waals surface area contributed by atoms with Gasteiger partial charge in [0.2, 0.25) is 0 Å². The molecule has 0 atom stereocenters. The summed E-state index contributed by atoms with van der Waals surface area (Å²) in [6, 6.07) is 4.45. The number of hydrogen-bond acceptors (Lipinski definition) is 2. The molecule has 2 aromatic rings. The highest BCUT2D eigenvalue weighted by atomic mass is 19.1. The van der Waals surface area contributed by atoms with E-state index in [9.17, 15) is 13.6 Å². The summed E-state index contributed by atoms with van der Waals surface area (Å²) in [5, 5.41) is 3.74. The lowest BCUT2D eigenvalue weighted by molar-refractivity contribution is 0.111. The van der Waals surface area contributed by atoms with Crippen LogP contribution >= 0.6 is 0 Å². The summed E-state index contributed by atoms with van der Waals surface area (Å²) < 4.78 is 27.2. The van der Waals surface area contributed by atoms with Gasteiger partial charge in [-0.05, 0) is 18.2 Å². The Morgan fingerprint density at radius 2 is 2.07 bits per heavy atom. The van der Waals surface area contributed by atoms with Gasteiger partial charge in [-0.1, -0.05) is 0 Å². The van der Waals surface area contributed by atoms with Crippen molar-refractivity contribution in [3.8, 4) is 5.69 Å². The van der Waals surface area contributed by atoms with Crippen molar-refractivity contribution in [2.45, 2.75) is 0 Å². The summed E-state index contributed by atoms with van der Waals surface area (Å²) >= 11 is 0. The third-order valence-corrected chi connectivity index (χ3v) is 1.89. The highest BCUT2D eigenvalue weighted by Crippen LogP contribution is 2.14. The fourth-order valence-corrected chi connectivity index (χ4v) is 1.20. The lowest BCUT2D eigenvalue weighted by Crippen LogP contribution is -1.99. The van der Waals surface area contributed by atoms with Crippen molar-refractivity contribution in [2.24, 2.45) is 0 Å². The zero-order valence-electron chi connectivity index (χ0n) is 7.52. The summed E-state index contributed by atoms with van der Waals surface area (Å²) in [5.41, 5.74) is 0.141. The van der Waals surface area contributed by atoms with Crippen molar-refractivity contribution in [3.05, 3.63) is 47.8 Å². The van der Waals surface area contributed by atoms with E-state index >= 15 is 0 Å². The topological polar surface area (TPSA) is 34.9 Å². The van der Waals surface area contributed by atoms with E-state index in [0.29, 0.717) is 6.29 Å². The predicted molar refractivity (Wildman–Crippen MR) is 48.9 cm³/mol. The molecule has 0 unspecified atom stereocenters. The lowest BCUT2D eigenvalue weighted by atomic mass is 10.3. The van der Waals surface area contributed by atoms with Crippen LogP contribution in [0.25, 0.3) is 5.69 Å². The molecular weight excluding hydrogens is 202 g/mol. The number of nitrogens with zero attached hydrogens (tertiary/aromatic N) is 2. The first-order chi connectivity index (χ1) is 7.20. The van der Waals surface area contributed by atoms with Crippen molar-refractivity contribution < 1.29 is 13.6 Å². The molecule has 0 saturated heterocycles. The first-order valence-electron chi connectivity index (χ1n) is 4.17. The van der Waals surface area contributed by atoms with Gasteiger partial charge in [0.05, 0.1) is 0 Å². The zero-order valence-corrected chi connectivity index (χ0v) is 7.52. The highest BCUT2D eigenvalue weighted by Gasteiger charge is 2.07. The normalized spacial score (nSPS) is 10.3. The summed E-state index contributed by atoms with van der Waals surface area (Å²) in [6.45, 7) is 0. The maximum atomic E-state index is 13.3. The monoisotopic (exact) mass is 208 g/mol. The fourth-order valence-electron chi connectivity index (χ4n) is 1.20. The van der Waals surface area contributed by atoms with E-state index in [0.717, 1.165) is 22.9 Å². The van der Waals surface area contributed by atoms with Crippen LogP contribution in [0.2, 0.25) is 0 Å². The van der Waals surface area contributed by atoms with E-state index in [1.54, 1.807) is 0 Å². The largest absolute Gasteiger partial charge is 0.296 e. The van der Waals surface area contributed by atoms with Gasteiger partial charge in [0.1, 0.15) is 23.0 Å². The molecule has 3 nitrogen and oxygen atoms in total. The molecule has 0 spiro atoms. The third kappa shape index (κ3) is 1.76. The van der Waals surface area contributed by atoms with E-state index in [2.05, 4.69) is 5.10 Å². The van der Waals surface area contributed by atoms with Gasteiger partial charge in [-0.25, -0.2) is 13.5 Å². The molecule has 0 saturated carbocycles. The number of aldehydes is 1. The van der Waals surface area contributed by atoms with Gasteiger partial charge in [0.25, 0.3) is 0 Å². The van der Waals surface area contributed by atoms with Crippen LogP contribution < -0.4 is 0 Å². The number of carbonyl (C=O) groups excluding carboxylic acids is 1. The first kappa shape index (κ1) is 9.51. The van der Waals surface area contributed by atoms with Gasteiger partial charge in [-0.15, -0.1) is 0 Å². The molecule has 0 aliphatic carbocycles. The minimum absolute atomic E-state index is 0.0249. The summed E-state index contributed by atoms with van der Waals surface area (Å²) in [7, 11) is 0. The minimum Gasteiger partial charge on any atom is -0.296 e. The van der Waals surface area contributed by atoms with Crippen LogP contribution in [0.4, 0.5) is 8.78 Å². The molecule has 76 valence electrons. The summed E-state index contributed by atoms with van der Waals surface area (Å²) in [6.07, 6.45) is 1.93. The second kappa shape index (κ2) is 3.61. The molecule has 0 amide bonds. The molecule has 0 aliphatic rings. The van der Waals surface area contributed by atoms with E-state index in [4.69, 9.17) is 0 Å². The van der Waals surface area contributed by atoms with Crippen molar-refractivity contribution in [3.63, 3.8) is 0 Å². The van der Waals surface area contributed by atoms with E-state index < -0.39 is 11.6 Å². The molecular formula is C10H6F2N2O. The Labute approximate surface area is 84.0 Å². The van der Waals surface area contributed by atoms with Gasteiger partial charge in [-0.2, -0.15) is 5.10 Å². The number of hydrogen-bond donors (Lipinski definition) is 0. The average Bonchev–Trinajstić information content (AvgIpc) is 2.70. The molecule has 1 aromatic carbocycles. The van der Waals surface area contributed by atoms with Crippen LogP contribution in [-0.2, 0) is 0 Å². The molecule has 0 radical (unpaired) electrons. The lowest BCUT2D eigenvalue weighted by Gasteiger charge is -2.02. The highest BCUT2D eigenvalue weighted by molar-refractivity contribution is 5.71. The van der Waals surface area contributed by atoms with E-state index in [-0.39, 0.29) is 11.4 Å². The van der Waals surface area contributed by atoms with Crippen molar-refractivity contribution >= 4 is 6.29 Å². The van der Waals surface area contributed by atoms with Gasteiger partial charge < -0.3 is 0 Å². The average molecular weight is 208 g/mol. The molecule has 0 aliphatic heterocycles. The van der Waals surface area contributed by atoms with Gasteiger partial charge in [-0.3, -0.25) is 4.79 Å². The Morgan fingerprint density at radius 1 is 1.27 bits per heavy atom. The number of carbonyl (C=O) groups is 1. The summed E-state index contributed by atoms with van der Waals surface area (Å²) in [4.78, 5) is 10.4. The molecule has 5 heteroatoms. The molecule has 0 bridgehead atoms. The molecule has 15 heavy (non-hydrogen) atoms. The Balaban J connectivity index is 2.52. The molecule has 1 heterocycles. The maximum absolute atomic E-state index is 13.3. The summed E-state index contributed by atoms with van der Waals surface area (Å²) in [5.74, 6) is -1.16. The van der Waals surface area contributed by atoms with Crippen LogP contribution in [0.15, 0.2) is 30.5 Å². The minimum atomic E-state index is -0.600. The SMILES string of the molecule is O=Cc1ccn(-c2cc(F)ccc2F)n1. The Bertz CT molecular complexity index is 508. The maximum Gasteiger partial charge on any atom is 0.170 e. The van der Waals surface area contributed by atoms with E-state index in [1.807, 2.05) is 0 Å².